The van der Waals surface area contributed by atoms with Crippen molar-refractivity contribution in [3.8, 4) is 5.75 Å². The molecule has 0 amide bonds. The van der Waals surface area contributed by atoms with Crippen molar-refractivity contribution in [3.63, 3.8) is 0 Å². The Balaban J connectivity index is 2.02. The number of methoxy groups -OCH3 is 1. The maximum atomic E-state index is 13.8. The lowest BCUT2D eigenvalue weighted by Gasteiger charge is -2.19. The first-order chi connectivity index (χ1) is 10.6. The molecule has 0 bridgehead atoms. The number of aromatic nitrogens is 4. The van der Waals surface area contributed by atoms with Gasteiger partial charge in [0.2, 0.25) is 0 Å². The number of hydrogen-bond donors (Lipinski definition) is 0. The Labute approximate surface area is 127 Å². The molecule has 6 nitrogen and oxygen atoms in total. The van der Waals surface area contributed by atoms with Crippen molar-refractivity contribution in [1.82, 2.24) is 19.7 Å². The topological polar surface area (TPSA) is 56.1 Å². The van der Waals surface area contributed by atoms with Crippen LogP contribution in [0.15, 0.2) is 30.9 Å². The van der Waals surface area contributed by atoms with E-state index in [0.717, 1.165) is 10.9 Å². The van der Waals surface area contributed by atoms with Crippen LogP contribution in [0.2, 0.25) is 0 Å². The summed E-state index contributed by atoms with van der Waals surface area (Å²) in [4.78, 5) is 10.4. The molecule has 2 aromatic heterocycles. The molecule has 114 valence electrons. The Morgan fingerprint density at radius 3 is 2.82 bits per heavy atom. The van der Waals surface area contributed by atoms with Gasteiger partial charge in [-0.3, -0.25) is 4.68 Å². The first-order valence-corrected chi connectivity index (χ1v) is 6.75. The Kier molecular flexibility index (Phi) is 3.62. The molecule has 0 fully saturated rings. The summed E-state index contributed by atoms with van der Waals surface area (Å²) in [6.45, 7) is 0.639. The van der Waals surface area contributed by atoms with E-state index in [1.54, 1.807) is 16.9 Å². The quantitative estimate of drug-likeness (QED) is 0.739. The van der Waals surface area contributed by atoms with Gasteiger partial charge in [-0.1, -0.05) is 0 Å². The fourth-order valence-corrected chi connectivity index (χ4v) is 2.41. The highest BCUT2D eigenvalue weighted by Gasteiger charge is 2.13. The second-order valence-corrected chi connectivity index (χ2v) is 5.08. The van der Waals surface area contributed by atoms with Crippen LogP contribution >= 0.6 is 0 Å². The highest BCUT2D eigenvalue weighted by molar-refractivity contribution is 5.90. The van der Waals surface area contributed by atoms with Gasteiger partial charge in [0.1, 0.15) is 12.1 Å². The normalized spacial score (nSPS) is 10.9. The molecule has 0 radical (unpaired) electrons. The summed E-state index contributed by atoms with van der Waals surface area (Å²) >= 11 is 0. The molecule has 7 heteroatoms. The van der Waals surface area contributed by atoms with E-state index in [-0.39, 0.29) is 5.75 Å². The largest absolute Gasteiger partial charge is 0.494 e. The average Bonchev–Trinajstić information content (AvgIpc) is 2.90. The van der Waals surface area contributed by atoms with E-state index in [1.165, 1.54) is 19.5 Å². The van der Waals surface area contributed by atoms with Crippen molar-refractivity contribution in [2.24, 2.45) is 7.05 Å². The summed E-state index contributed by atoms with van der Waals surface area (Å²) in [7, 11) is 5.23. The molecule has 1 aromatic carbocycles. The maximum absolute atomic E-state index is 13.8. The summed E-state index contributed by atoms with van der Waals surface area (Å²) in [5.41, 5.74) is 1.60. The minimum atomic E-state index is -0.436. The highest BCUT2D eigenvalue weighted by Crippen LogP contribution is 2.29. The zero-order valence-electron chi connectivity index (χ0n) is 12.6. The fraction of sp³-hybridized carbons (Fsp3) is 0.267. The number of fused-ring (bicyclic) bond motifs is 1. The first kappa shape index (κ1) is 14.2. The van der Waals surface area contributed by atoms with Crippen molar-refractivity contribution in [2.45, 2.75) is 6.54 Å². The molecule has 0 saturated heterocycles. The van der Waals surface area contributed by atoms with E-state index in [0.29, 0.717) is 17.9 Å². The number of hydrogen-bond acceptors (Lipinski definition) is 5. The van der Waals surface area contributed by atoms with E-state index >= 15 is 0 Å². The second kappa shape index (κ2) is 5.59. The molecule has 0 spiro atoms. The van der Waals surface area contributed by atoms with E-state index in [9.17, 15) is 4.39 Å². The van der Waals surface area contributed by atoms with Gasteiger partial charge in [0, 0.05) is 43.9 Å². The predicted molar refractivity (Wildman–Crippen MR) is 81.4 cm³/mol. The van der Waals surface area contributed by atoms with Crippen molar-refractivity contribution in [3.05, 3.63) is 42.2 Å². The highest BCUT2D eigenvalue weighted by atomic mass is 19.1. The van der Waals surface area contributed by atoms with Crippen LogP contribution in [0, 0.1) is 5.82 Å². The molecule has 3 rings (SSSR count). The Hall–Kier alpha value is -2.70. The lowest BCUT2D eigenvalue weighted by Crippen LogP contribution is -2.18. The molecule has 0 unspecified atom stereocenters. The monoisotopic (exact) mass is 301 g/mol. The van der Waals surface area contributed by atoms with Crippen LogP contribution in [0.25, 0.3) is 10.9 Å². The van der Waals surface area contributed by atoms with Gasteiger partial charge < -0.3 is 9.64 Å². The van der Waals surface area contributed by atoms with Gasteiger partial charge in [-0.25, -0.2) is 14.4 Å². The summed E-state index contributed by atoms with van der Waals surface area (Å²) in [6.07, 6.45) is 5.18. The zero-order chi connectivity index (χ0) is 15.7. The molecule has 22 heavy (non-hydrogen) atoms. The van der Waals surface area contributed by atoms with Crippen LogP contribution in [0.5, 0.6) is 5.75 Å². The van der Waals surface area contributed by atoms with Crippen molar-refractivity contribution < 1.29 is 9.13 Å². The molecule has 0 aliphatic carbocycles. The van der Waals surface area contributed by atoms with Crippen molar-refractivity contribution in [2.75, 3.05) is 19.1 Å². The summed E-state index contributed by atoms with van der Waals surface area (Å²) in [5, 5.41) is 4.90. The van der Waals surface area contributed by atoms with E-state index in [1.807, 2.05) is 25.2 Å². The minimum Gasteiger partial charge on any atom is -0.494 e. The lowest BCUT2D eigenvalue weighted by atomic mass is 10.2. The van der Waals surface area contributed by atoms with Crippen LogP contribution in [0.1, 0.15) is 5.56 Å². The summed E-state index contributed by atoms with van der Waals surface area (Å²) in [6, 6.07) is 2.98. The second-order valence-electron chi connectivity index (χ2n) is 5.08. The third-order valence-corrected chi connectivity index (χ3v) is 3.43. The predicted octanol–water partition coefficient (Wildman–Crippen LogP) is 2.15. The molecular formula is C15H16FN5O. The maximum Gasteiger partial charge on any atom is 0.167 e. The molecule has 0 N–H and O–H groups in total. The van der Waals surface area contributed by atoms with Crippen LogP contribution in [0.3, 0.4) is 0 Å². The number of nitrogens with zero attached hydrogens (tertiary/aromatic N) is 5. The summed E-state index contributed by atoms with van der Waals surface area (Å²) < 4.78 is 20.6. The number of benzene rings is 1. The number of aryl methyl sites for hydroxylation is 1. The van der Waals surface area contributed by atoms with Crippen LogP contribution in [-0.2, 0) is 13.6 Å². The van der Waals surface area contributed by atoms with Gasteiger partial charge in [-0.15, -0.1) is 0 Å². The third kappa shape index (κ3) is 2.57. The zero-order valence-corrected chi connectivity index (χ0v) is 12.6. The average molecular weight is 301 g/mol. The van der Waals surface area contributed by atoms with Crippen LogP contribution < -0.4 is 9.64 Å². The molecule has 0 atom stereocenters. The Morgan fingerprint density at radius 2 is 2.14 bits per heavy atom. The van der Waals surface area contributed by atoms with Gasteiger partial charge in [-0.2, -0.15) is 5.10 Å². The molecular weight excluding hydrogens is 285 g/mol. The summed E-state index contributed by atoms with van der Waals surface area (Å²) in [5.74, 6) is 0.458. The van der Waals surface area contributed by atoms with Gasteiger partial charge in [-0.05, 0) is 6.07 Å². The molecule has 2 heterocycles. The standard InChI is InChI=1S/C15H16FN5O/c1-20(7-10-6-19-21(2)8-10)15-11-4-14(22-3)12(16)5-13(11)17-9-18-15/h4-6,8-9H,7H2,1-3H3. The fourth-order valence-electron chi connectivity index (χ4n) is 2.41. The van der Waals surface area contributed by atoms with Crippen LogP contribution in [-0.4, -0.2) is 33.9 Å². The minimum absolute atomic E-state index is 0.179. The van der Waals surface area contributed by atoms with E-state index < -0.39 is 5.82 Å². The van der Waals surface area contributed by atoms with E-state index in [4.69, 9.17) is 4.74 Å². The van der Waals surface area contributed by atoms with Gasteiger partial charge >= 0.3 is 0 Å². The smallest absolute Gasteiger partial charge is 0.167 e. The molecule has 0 saturated carbocycles. The van der Waals surface area contributed by atoms with Gasteiger partial charge in [0.05, 0.1) is 18.8 Å². The Bertz CT molecular complexity index is 817. The number of rotatable bonds is 4. The number of halogens is 1. The first-order valence-electron chi connectivity index (χ1n) is 6.75. The van der Waals surface area contributed by atoms with Gasteiger partial charge in [0.15, 0.2) is 11.6 Å². The van der Waals surface area contributed by atoms with Crippen molar-refractivity contribution >= 4 is 16.7 Å². The van der Waals surface area contributed by atoms with Gasteiger partial charge in [0.25, 0.3) is 0 Å². The molecule has 0 aliphatic rings. The SMILES string of the molecule is COc1cc2c(N(C)Cc3cnn(C)c3)ncnc2cc1F. The van der Waals surface area contributed by atoms with Crippen LogP contribution in [0.4, 0.5) is 10.2 Å². The Morgan fingerprint density at radius 1 is 1.32 bits per heavy atom. The molecule has 3 aromatic rings. The third-order valence-electron chi connectivity index (χ3n) is 3.43. The molecule has 0 aliphatic heterocycles. The lowest BCUT2D eigenvalue weighted by molar-refractivity contribution is 0.387. The van der Waals surface area contributed by atoms with Crippen molar-refractivity contribution in [1.29, 1.82) is 0 Å². The number of anilines is 1. The van der Waals surface area contributed by atoms with E-state index in [2.05, 4.69) is 15.1 Å². The number of ether oxygens (including phenoxy) is 1.